The summed E-state index contributed by atoms with van der Waals surface area (Å²) in [5.41, 5.74) is 2.51. The lowest BCUT2D eigenvalue weighted by Gasteiger charge is -2.06. The van der Waals surface area contributed by atoms with Crippen LogP contribution in [-0.4, -0.2) is 25.4 Å². The number of nitrogens with one attached hydrogen (secondary N) is 3. The van der Waals surface area contributed by atoms with Gasteiger partial charge in [0.1, 0.15) is 0 Å². The topological polar surface area (TPSA) is 70.2 Å². The molecule has 2 amide bonds. The lowest BCUT2D eigenvalue weighted by atomic mass is 10.1. The summed E-state index contributed by atoms with van der Waals surface area (Å²) in [4.78, 5) is 22.7. The standard InChI is InChI=1S/C12H15N3O2/c1-13-5-4-11(16)14-9-2-3-10-8(6-9)7-12(17)15-10/h2-3,6,13H,4-5,7H2,1H3,(H,14,16)(H,15,17). The molecule has 0 aromatic heterocycles. The van der Waals surface area contributed by atoms with Crippen LogP contribution in [0.4, 0.5) is 11.4 Å². The minimum absolute atomic E-state index is 0.00124. The Kier molecular flexibility index (Phi) is 3.39. The average Bonchev–Trinajstić information content (AvgIpc) is 2.65. The molecule has 0 spiro atoms. The molecule has 2 rings (SSSR count). The van der Waals surface area contributed by atoms with Crippen LogP contribution in [0.3, 0.4) is 0 Å². The number of benzene rings is 1. The van der Waals surface area contributed by atoms with Crippen LogP contribution in [0.1, 0.15) is 12.0 Å². The highest BCUT2D eigenvalue weighted by Gasteiger charge is 2.17. The number of rotatable bonds is 4. The van der Waals surface area contributed by atoms with Crippen molar-refractivity contribution in [3.05, 3.63) is 23.8 Å². The average molecular weight is 233 g/mol. The Labute approximate surface area is 99.6 Å². The fourth-order valence-corrected chi connectivity index (χ4v) is 1.77. The number of hydrogen-bond donors (Lipinski definition) is 3. The summed E-state index contributed by atoms with van der Waals surface area (Å²) < 4.78 is 0. The van der Waals surface area contributed by atoms with E-state index < -0.39 is 0 Å². The van der Waals surface area contributed by atoms with E-state index in [0.717, 1.165) is 16.9 Å². The Bertz CT molecular complexity index is 457. The molecule has 0 fully saturated rings. The van der Waals surface area contributed by atoms with Crippen molar-refractivity contribution in [1.82, 2.24) is 5.32 Å². The molecule has 1 aliphatic heterocycles. The molecule has 1 aliphatic rings. The van der Waals surface area contributed by atoms with Crippen molar-refractivity contribution in [2.75, 3.05) is 24.2 Å². The van der Waals surface area contributed by atoms with Gasteiger partial charge in [-0.3, -0.25) is 9.59 Å². The first-order valence-electron chi connectivity index (χ1n) is 5.56. The molecule has 3 N–H and O–H groups in total. The third-order valence-corrected chi connectivity index (χ3v) is 2.62. The first kappa shape index (κ1) is 11.6. The lowest BCUT2D eigenvalue weighted by Crippen LogP contribution is -2.18. The summed E-state index contributed by atoms with van der Waals surface area (Å²) in [7, 11) is 1.81. The largest absolute Gasteiger partial charge is 0.326 e. The van der Waals surface area contributed by atoms with E-state index in [4.69, 9.17) is 0 Å². The zero-order valence-corrected chi connectivity index (χ0v) is 9.67. The molecule has 0 aliphatic carbocycles. The summed E-state index contributed by atoms with van der Waals surface area (Å²) >= 11 is 0. The molecule has 1 aromatic carbocycles. The van der Waals surface area contributed by atoms with Gasteiger partial charge in [0, 0.05) is 24.3 Å². The Morgan fingerprint density at radius 3 is 3.06 bits per heavy atom. The van der Waals surface area contributed by atoms with E-state index in [1.807, 2.05) is 12.1 Å². The molecule has 1 heterocycles. The first-order chi connectivity index (χ1) is 8.19. The van der Waals surface area contributed by atoms with Crippen molar-refractivity contribution in [3.63, 3.8) is 0 Å². The molecular formula is C12H15N3O2. The molecule has 0 atom stereocenters. The summed E-state index contributed by atoms with van der Waals surface area (Å²) in [5, 5.41) is 8.47. The summed E-state index contributed by atoms with van der Waals surface area (Å²) in [6.45, 7) is 0.650. The molecule has 5 heteroatoms. The van der Waals surface area contributed by atoms with E-state index in [1.165, 1.54) is 0 Å². The van der Waals surface area contributed by atoms with Crippen LogP contribution in [-0.2, 0) is 16.0 Å². The van der Waals surface area contributed by atoms with Gasteiger partial charge in [0.25, 0.3) is 0 Å². The quantitative estimate of drug-likeness (QED) is 0.718. The Balaban J connectivity index is 2.01. The Hall–Kier alpha value is -1.88. The molecular weight excluding hydrogens is 218 g/mol. The fourth-order valence-electron chi connectivity index (χ4n) is 1.77. The predicted octanol–water partition coefficient (Wildman–Crippen LogP) is 0.729. The van der Waals surface area contributed by atoms with Crippen LogP contribution in [0.25, 0.3) is 0 Å². The minimum Gasteiger partial charge on any atom is -0.326 e. The molecule has 0 unspecified atom stereocenters. The monoisotopic (exact) mass is 233 g/mol. The molecule has 1 aromatic rings. The third-order valence-electron chi connectivity index (χ3n) is 2.62. The Morgan fingerprint density at radius 1 is 1.47 bits per heavy atom. The van der Waals surface area contributed by atoms with Gasteiger partial charge in [0.2, 0.25) is 11.8 Å². The van der Waals surface area contributed by atoms with Gasteiger partial charge in [-0.05, 0) is 30.8 Å². The number of anilines is 2. The zero-order valence-electron chi connectivity index (χ0n) is 9.67. The molecule has 90 valence electrons. The van der Waals surface area contributed by atoms with Gasteiger partial charge in [-0.15, -0.1) is 0 Å². The zero-order chi connectivity index (χ0) is 12.3. The SMILES string of the molecule is CNCCC(=O)Nc1ccc2c(c1)CC(=O)N2. The predicted molar refractivity (Wildman–Crippen MR) is 65.9 cm³/mol. The van der Waals surface area contributed by atoms with Gasteiger partial charge >= 0.3 is 0 Å². The highest BCUT2D eigenvalue weighted by molar-refractivity contribution is 6.00. The summed E-state index contributed by atoms with van der Waals surface area (Å²) in [5.74, 6) is -0.0322. The second-order valence-corrected chi connectivity index (χ2v) is 4.00. The second-order valence-electron chi connectivity index (χ2n) is 4.00. The molecule has 5 nitrogen and oxygen atoms in total. The highest BCUT2D eigenvalue weighted by Crippen LogP contribution is 2.25. The van der Waals surface area contributed by atoms with Gasteiger partial charge in [-0.1, -0.05) is 0 Å². The minimum atomic E-state index is -0.0309. The smallest absolute Gasteiger partial charge is 0.228 e. The third kappa shape index (κ3) is 2.82. The molecule has 0 saturated carbocycles. The maximum Gasteiger partial charge on any atom is 0.228 e. The van der Waals surface area contributed by atoms with Crippen LogP contribution < -0.4 is 16.0 Å². The van der Waals surface area contributed by atoms with E-state index in [1.54, 1.807) is 13.1 Å². The van der Waals surface area contributed by atoms with Gasteiger partial charge in [0.05, 0.1) is 6.42 Å². The number of carbonyl (C=O) groups is 2. The molecule has 0 saturated heterocycles. The van der Waals surface area contributed by atoms with Crippen LogP contribution >= 0.6 is 0 Å². The fraction of sp³-hybridized carbons (Fsp3) is 0.333. The molecule has 17 heavy (non-hydrogen) atoms. The van der Waals surface area contributed by atoms with Gasteiger partial charge < -0.3 is 16.0 Å². The number of fused-ring (bicyclic) bond motifs is 1. The van der Waals surface area contributed by atoms with Crippen molar-refractivity contribution in [1.29, 1.82) is 0 Å². The lowest BCUT2D eigenvalue weighted by molar-refractivity contribution is -0.116. The van der Waals surface area contributed by atoms with Crippen LogP contribution in [0.2, 0.25) is 0 Å². The van der Waals surface area contributed by atoms with E-state index in [-0.39, 0.29) is 11.8 Å². The van der Waals surface area contributed by atoms with Crippen LogP contribution in [0.15, 0.2) is 18.2 Å². The molecule has 0 bridgehead atoms. The van der Waals surface area contributed by atoms with Crippen LogP contribution in [0, 0.1) is 0 Å². The van der Waals surface area contributed by atoms with E-state index >= 15 is 0 Å². The summed E-state index contributed by atoms with van der Waals surface area (Å²) in [6, 6.07) is 5.44. The van der Waals surface area contributed by atoms with Gasteiger partial charge in [-0.2, -0.15) is 0 Å². The normalized spacial score (nSPS) is 13.1. The van der Waals surface area contributed by atoms with Gasteiger partial charge in [-0.25, -0.2) is 0 Å². The van der Waals surface area contributed by atoms with E-state index in [9.17, 15) is 9.59 Å². The van der Waals surface area contributed by atoms with E-state index in [0.29, 0.717) is 19.4 Å². The van der Waals surface area contributed by atoms with Crippen LogP contribution in [0.5, 0.6) is 0 Å². The maximum atomic E-state index is 11.5. The van der Waals surface area contributed by atoms with E-state index in [2.05, 4.69) is 16.0 Å². The van der Waals surface area contributed by atoms with Crippen molar-refractivity contribution in [3.8, 4) is 0 Å². The van der Waals surface area contributed by atoms with Crippen molar-refractivity contribution in [2.24, 2.45) is 0 Å². The van der Waals surface area contributed by atoms with Crippen molar-refractivity contribution in [2.45, 2.75) is 12.8 Å². The van der Waals surface area contributed by atoms with Crippen molar-refractivity contribution >= 4 is 23.2 Å². The number of hydrogen-bond acceptors (Lipinski definition) is 3. The summed E-state index contributed by atoms with van der Waals surface area (Å²) in [6.07, 6.45) is 0.820. The maximum absolute atomic E-state index is 11.5. The highest BCUT2D eigenvalue weighted by atomic mass is 16.2. The number of carbonyl (C=O) groups excluding carboxylic acids is 2. The van der Waals surface area contributed by atoms with Gasteiger partial charge in [0.15, 0.2) is 0 Å². The molecule has 0 radical (unpaired) electrons. The second kappa shape index (κ2) is 4.97. The first-order valence-corrected chi connectivity index (χ1v) is 5.56. The Morgan fingerprint density at radius 2 is 2.29 bits per heavy atom. The number of amides is 2. The van der Waals surface area contributed by atoms with Crippen molar-refractivity contribution < 1.29 is 9.59 Å².